The molecule has 0 aliphatic heterocycles. The number of primary amides is 1. The second-order valence-corrected chi connectivity index (χ2v) is 11.0. The lowest BCUT2D eigenvalue weighted by Gasteiger charge is -2.25. The van der Waals surface area contributed by atoms with Crippen molar-refractivity contribution < 1.29 is 43.1 Å². The summed E-state index contributed by atoms with van der Waals surface area (Å²) >= 11 is 0. The van der Waals surface area contributed by atoms with Crippen molar-refractivity contribution in [1.29, 1.82) is 0 Å². The zero-order valence-corrected chi connectivity index (χ0v) is 27.6. The smallest absolute Gasteiger partial charge is 0.444 e. The minimum Gasteiger partial charge on any atom is -0.444 e. The van der Waals surface area contributed by atoms with Crippen molar-refractivity contribution in [2.75, 3.05) is 25.5 Å². The zero-order valence-electron chi connectivity index (χ0n) is 27.6. The number of benzene rings is 2. The van der Waals surface area contributed by atoms with Gasteiger partial charge in [0.15, 0.2) is 0 Å². The van der Waals surface area contributed by atoms with Gasteiger partial charge in [-0.25, -0.2) is 9.59 Å². The summed E-state index contributed by atoms with van der Waals surface area (Å²) in [7, 11) is 1.90. The van der Waals surface area contributed by atoms with Gasteiger partial charge in [-0.2, -0.15) is 0 Å². The molecule has 4 amide bonds. The lowest BCUT2D eigenvalue weighted by molar-refractivity contribution is -0.384. The van der Waals surface area contributed by atoms with E-state index in [1.807, 2.05) is 20.9 Å². The minimum atomic E-state index is -0.922. The molecular formula is C31H46N6O10. The van der Waals surface area contributed by atoms with Gasteiger partial charge >= 0.3 is 12.2 Å². The summed E-state index contributed by atoms with van der Waals surface area (Å²) in [5, 5.41) is 21.5. The van der Waals surface area contributed by atoms with Gasteiger partial charge in [-0.05, 0) is 83.0 Å². The lowest BCUT2D eigenvalue weighted by atomic mass is 10.0. The molecule has 0 heterocycles. The van der Waals surface area contributed by atoms with E-state index in [0.29, 0.717) is 24.2 Å². The largest absolute Gasteiger partial charge is 0.514 e. The van der Waals surface area contributed by atoms with Crippen LogP contribution in [0, 0.1) is 16.0 Å². The fourth-order valence-corrected chi connectivity index (χ4v) is 3.39. The summed E-state index contributed by atoms with van der Waals surface area (Å²) in [5.74, 6) is -0.0266. The molecule has 0 saturated heterocycles. The summed E-state index contributed by atoms with van der Waals surface area (Å²) in [6.07, 6.45) is 1.24. The molecule has 2 aromatic rings. The number of nitrogens with two attached hydrogens (primary N) is 1. The highest BCUT2D eigenvalue weighted by molar-refractivity contribution is 5.85. The number of rotatable bonds is 14. The quantitative estimate of drug-likeness (QED) is 0.0489. The van der Waals surface area contributed by atoms with Gasteiger partial charge in [-0.3, -0.25) is 24.5 Å². The average molecular weight is 663 g/mol. The molecule has 47 heavy (non-hydrogen) atoms. The highest BCUT2D eigenvalue weighted by Crippen LogP contribution is 2.18. The van der Waals surface area contributed by atoms with E-state index in [4.69, 9.17) is 19.0 Å². The molecule has 0 aliphatic rings. The Morgan fingerprint density at radius 2 is 1.55 bits per heavy atom. The number of nitro benzene ring substituents is 1. The molecular weight excluding hydrogens is 616 g/mol. The second kappa shape index (κ2) is 23.1. The number of nitrogens with zero attached hydrogens (tertiary/aromatic N) is 1. The van der Waals surface area contributed by atoms with Gasteiger partial charge in [-0.15, -0.1) is 0 Å². The Bertz CT molecular complexity index is 1250. The first-order valence-electron chi connectivity index (χ1n) is 14.6. The van der Waals surface area contributed by atoms with Crippen molar-refractivity contribution in [2.24, 2.45) is 11.7 Å². The van der Waals surface area contributed by atoms with E-state index in [2.05, 4.69) is 27.0 Å². The van der Waals surface area contributed by atoms with Crippen molar-refractivity contribution in [2.45, 2.75) is 65.7 Å². The number of carbonyl (C=O) groups is 5. The van der Waals surface area contributed by atoms with Crippen LogP contribution in [0.15, 0.2) is 48.5 Å². The molecule has 1 unspecified atom stereocenters. The number of ether oxygens (including phenoxy) is 3. The van der Waals surface area contributed by atoms with Crippen LogP contribution in [0.3, 0.4) is 0 Å². The third kappa shape index (κ3) is 20.4. The number of hydrogen-bond donors (Lipinski definition) is 5. The van der Waals surface area contributed by atoms with Crippen LogP contribution in [-0.4, -0.2) is 67.7 Å². The number of unbranched alkanes of at least 4 members (excludes halogenated alkanes) is 1. The van der Waals surface area contributed by atoms with Crippen LogP contribution in [0.5, 0.6) is 5.75 Å². The number of nitro groups is 1. The predicted molar refractivity (Wildman–Crippen MR) is 174 cm³/mol. The van der Waals surface area contributed by atoms with E-state index in [9.17, 15) is 29.3 Å². The lowest BCUT2D eigenvalue weighted by Crippen LogP contribution is -2.51. The predicted octanol–water partition coefficient (Wildman–Crippen LogP) is 3.63. The van der Waals surface area contributed by atoms with Crippen LogP contribution >= 0.6 is 0 Å². The molecule has 0 bridgehead atoms. The fraction of sp³-hybridized carbons (Fsp3) is 0.452. The van der Waals surface area contributed by atoms with Crippen LogP contribution in [0.4, 0.5) is 21.0 Å². The van der Waals surface area contributed by atoms with Crippen LogP contribution in [0.2, 0.25) is 0 Å². The van der Waals surface area contributed by atoms with E-state index in [0.717, 1.165) is 19.4 Å². The van der Waals surface area contributed by atoms with Gasteiger partial charge in [0.25, 0.3) is 5.69 Å². The van der Waals surface area contributed by atoms with Crippen molar-refractivity contribution in [3.8, 4) is 5.75 Å². The first kappa shape index (κ1) is 41.8. The maximum atomic E-state index is 12.1. The van der Waals surface area contributed by atoms with Crippen LogP contribution in [0.25, 0.3) is 0 Å². The average Bonchev–Trinajstić information content (AvgIpc) is 2.99. The molecule has 260 valence electrons. The Hall–Kier alpha value is -5.25. The third-order valence-corrected chi connectivity index (χ3v) is 5.56. The normalized spacial score (nSPS) is 10.8. The van der Waals surface area contributed by atoms with E-state index >= 15 is 0 Å². The standard InChI is InChI=1S/C15H31N3O3.C15H12N2O6.CH3NO/c1-11(2)12(18-14(20)21-15(3,4)5)13(19)17-10-8-7-9-16-6;18-10-16-12-3-1-11(2-4-12)9-22-15(19)23-14-7-5-13(6-8-14)17(20)21;2-1-3/h11-12,16H,7-10H2,1-6H3,(H,17,19)(H,18,20);1-8,10H,9H2,(H,16,18);1H,(H2,2,3). The van der Waals surface area contributed by atoms with Gasteiger partial charge < -0.3 is 41.2 Å². The van der Waals surface area contributed by atoms with Gasteiger partial charge in [0.05, 0.1) is 4.92 Å². The summed E-state index contributed by atoms with van der Waals surface area (Å²) in [4.78, 5) is 64.2. The molecule has 0 saturated carbocycles. The number of alkyl carbamates (subject to hydrolysis) is 1. The SMILES string of the molecule is CNCCCCNC(=O)C(NC(=O)OC(C)(C)C)C(C)C.NC=O.O=CNc1ccc(COC(=O)Oc2ccc([N+](=O)[O-])cc2)cc1. The maximum absolute atomic E-state index is 12.1. The molecule has 2 aromatic carbocycles. The van der Waals surface area contributed by atoms with Gasteiger partial charge in [0.2, 0.25) is 18.7 Å². The van der Waals surface area contributed by atoms with Crippen LogP contribution < -0.4 is 31.7 Å². The number of nitrogens with one attached hydrogen (secondary N) is 4. The Morgan fingerprint density at radius 1 is 0.979 bits per heavy atom. The number of non-ortho nitro benzene ring substituents is 1. The van der Waals surface area contributed by atoms with Crippen LogP contribution in [-0.2, 0) is 30.5 Å². The summed E-state index contributed by atoms with van der Waals surface area (Å²) in [5.41, 5.74) is 4.82. The highest BCUT2D eigenvalue weighted by atomic mass is 16.7. The third-order valence-electron chi connectivity index (χ3n) is 5.56. The zero-order chi connectivity index (χ0) is 35.8. The summed E-state index contributed by atoms with van der Waals surface area (Å²) in [6, 6.07) is 11.2. The van der Waals surface area contributed by atoms with Crippen molar-refractivity contribution >= 4 is 42.4 Å². The molecule has 16 nitrogen and oxygen atoms in total. The fourth-order valence-electron chi connectivity index (χ4n) is 3.39. The first-order valence-corrected chi connectivity index (χ1v) is 14.6. The Morgan fingerprint density at radius 3 is 2.04 bits per heavy atom. The number of anilines is 1. The van der Waals surface area contributed by atoms with Crippen molar-refractivity contribution in [3.63, 3.8) is 0 Å². The molecule has 6 N–H and O–H groups in total. The molecule has 0 aromatic heterocycles. The summed E-state index contributed by atoms with van der Waals surface area (Å²) < 4.78 is 15.0. The topological polar surface area (TPSA) is 230 Å². The van der Waals surface area contributed by atoms with E-state index in [1.54, 1.807) is 45.0 Å². The summed E-state index contributed by atoms with van der Waals surface area (Å²) in [6.45, 7) is 10.7. The van der Waals surface area contributed by atoms with Crippen molar-refractivity contribution in [1.82, 2.24) is 16.0 Å². The molecule has 1 atom stereocenters. The molecule has 2 rings (SSSR count). The van der Waals surface area contributed by atoms with E-state index < -0.39 is 28.8 Å². The Balaban J connectivity index is 0.000000835. The van der Waals surface area contributed by atoms with Gasteiger partial charge in [0.1, 0.15) is 24.0 Å². The minimum absolute atomic E-state index is 0.00479. The number of amides is 4. The van der Waals surface area contributed by atoms with Gasteiger partial charge in [-0.1, -0.05) is 26.0 Å². The highest BCUT2D eigenvalue weighted by Gasteiger charge is 2.26. The molecule has 16 heteroatoms. The Labute approximate surface area is 274 Å². The maximum Gasteiger partial charge on any atom is 0.514 e. The van der Waals surface area contributed by atoms with Crippen molar-refractivity contribution in [3.05, 3.63) is 64.2 Å². The monoisotopic (exact) mass is 662 g/mol. The second-order valence-electron chi connectivity index (χ2n) is 11.0. The molecule has 0 aliphatic carbocycles. The van der Waals surface area contributed by atoms with Crippen LogP contribution in [0.1, 0.15) is 53.0 Å². The molecule has 0 fully saturated rings. The first-order chi connectivity index (χ1) is 22.2. The molecule has 0 spiro atoms. The van der Waals surface area contributed by atoms with E-state index in [1.165, 1.54) is 24.3 Å². The van der Waals surface area contributed by atoms with E-state index in [-0.39, 0.29) is 36.3 Å². The van der Waals surface area contributed by atoms with Gasteiger partial charge in [0, 0.05) is 24.4 Å². The number of hydrogen-bond acceptors (Lipinski definition) is 11. The molecule has 0 radical (unpaired) electrons. The Kier molecular flexibility index (Phi) is 20.6. The number of carbonyl (C=O) groups excluding carboxylic acids is 5.